The van der Waals surface area contributed by atoms with E-state index in [1.165, 1.54) is 4.88 Å². The van der Waals surface area contributed by atoms with Crippen LogP contribution in [0.1, 0.15) is 36.2 Å². The Hall–Kier alpha value is -2.03. The number of aromatic nitrogens is 2. The van der Waals surface area contributed by atoms with Crippen molar-refractivity contribution in [2.45, 2.75) is 33.8 Å². The SMILES string of the molecule is CCN(CC)C(=O)CN1CCO[C@H](c2cccc(Nc3nc(C)c(C)s3)n2)C1. The number of nitrogens with one attached hydrogen (secondary N) is 1. The molecule has 1 fully saturated rings. The molecule has 28 heavy (non-hydrogen) atoms. The van der Waals surface area contributed by atoms with Gasteiger partial charge in [-0.25, -0.2) is 9.97 Å². The third kappa shape index (κ3) is 5.06. The van der Waals surface area contributed by atoms with Crippen LogP contribution < -0.4 is 5.32 Å². The van der Waals surface area contributed by atoms with E-state index in [0.717, 1.165) is 42.0 Å². The number of carbonyl (C=O) groups excluding carboxylic acids is 1. The van der Waals surface area contributed by atoms with Gasteiger partial charge in [-0.2, -0.15) is 0 Å². The van der Waals surface area contributed by atoms with Crippen molar-refractivity contribution in [2.75, 3.05) is 44.6 Å². The topological polar surface area (TPSA) is 70.6 Å². The fourth-order valence-corrected chi connectivity index (χ4v) is 4.05. The Morgan fingerprint density at radius 3 is 2.79 bits per heavy atom. The highest BCUT2D eigenvalue weighted by Gasteiger charge is 2.25. The summed E-state index contributed by atoms with van der Waals surface area (Å²) in [5.41, 5.74) is 1.91. The van der Waals surface area contributed by atoms with Gasteiger partial charge in [0.15, 0.2) is 5.13 Å². The summed E-state index contributed by atoms with van der Waals surface area (Å²) in [6.07, 6.45) is -0.139. The Bertz CT molecular complexity index is 786. The molecule has 3 heterocycles. The second-order valence-electron chi connectivity index (χ2n) is 6.89. The number of rotatable bonds is 7. The maximum absolute atomic E-state index is 12.4. The summed E-state index contributed by atoms with van der Waals surface area (Å²) in [4.78, 5) is 26.9. The lowest BCUT2D eigenvalue weighted by molar-refractivity contribution is -0.134. The Kier molecular flexibility index (Phi) is 6.98. The van der Waals surface area contributed by atoms with Crippen LogP contribution in [0.15, 0.2) is 18.2 Å². The number of anilines is 2. The number of pyridine rings is 1. The van der Waals surface area contributed by atoms with Crippen LogP contribution in [0, 0.1) is 13.8 Å². The third-order valence-electron chi connectivity index (χ3n) is 4.99. The van der Waals surface area contributed by atoms with Crippen LogP contribution in [0.5, 0.6) is 0 Å². The molecular weight excluding hydrogens is 374 g/mol. The van der Waals surface area contributed by atoms with Crippen molar-refractivity contribution in [2.24, 2.45) is 0 Å². The standard InChI is InChI=1S/C20H29N5O2S/c1-5-25(6-2)19(26)13-24-10-11-27-17(12-24)16-8-7-9-18(22-16)23-20-21-14(3)15(4)28-20/h7-9,17H,5-6,10-13H2,1-4H3,(H,21,22,23)/t17-/m0/s1. The van der Waals surface area contributed by atoms with E-state index in [2.05, 4.69) is 22.1 Å². The Labute approximate surface area is 170 Å². The van der Waals surface area contributed by atoms with Gasteiger partial charge in [0.05, 0.1) is 24.5 Å². The molecule has 1 aliphatic rings. The summed E-state index contributed by atoms with van der Waals surface area (Å²) in [5, 5.41) is 4.13. The van der Waals surface area contributed by atoms with E-state index in [9.17, 15) is 4.79 Å². The first-order valence-corrected chi connectivity index (χ1v) is 10.6. The highest BCUT2D eigenvalue weighted by atomic mass is 32.1. The minimum absolute atomic E-state index is 0.139. The zero-order valence-electron chi connectivity index (χ0n) is 17.1. The van der Waals surface area contributed by atoms with Gasteiger partial charge >= 0.3 is 0 Å². The third-order valence-corrected chi connectivity index (χ3v) is 5.98. The molecule has 8 heteroatoms. The first kappa shape index (κ1) is 20.7. The van der Waals surface area contributed by atoms with Gasteiger partial charge in [0.2, 0.25) is 5.91 Å². The fourth-order valence-electron chi connectivity index (χ4n) is 3.23. The minimum atomic E-state index is -0.139. The molecule has 2 aromatic rings. The molecule has 2 aromatic heterocycles. The van der Waals surface area contributed by atoms with Gasteiger partial charge < -0.3 is 15.0 Å². The molecule has 1 saturated heterocycles. The van der Waals surface area contributed by atoms with E-state index in [1.54, 1.807) is 11.3 Å². The molecule has 0 aromatic carbocycles. The Morgan fingerprint density at radius 2 is 2.11 bits per heavy atom. The molecule has 1 aliphatic heterocycles. The fraction of sp³-hybridized carbons (Fsp3) is 0.550. The van der Waals surface area contributed by atoms with Crippen molar-refractivity contribution < 1.29 is 9.53 Å². The van der Waals surface area contributed by atoms with Gasteiger partial charge in [-0.3, -0.25) is 9.69 Å². The largest absolute Gasteiger partial charge is 0.369 e. The monoisotopic (exact) mass is 403 g/mol. The number of likely N-dealkylation sites (N-methyl/N-ethyl adjacent to an activating group) is 1. The van der Waals surface area contributed by atoms with Gasteiger partial charge in [0.1, 0.15) is 11.9 Å². The number of carbonyl (C=O) groups is 1. The van der Waals surface area contributed by atoms with E-state index in [4.69, 9.17) is 9.72 Å². The zero-order valence-corrected chi connectivity index (χ0v) is 17.9. The highest BCUT2D eigenvalue weighted by Crippen LogP contribution is 2.26. The van der Waals surface area contributed by atoms with Gasteiger partial charge in [-0.15, -0.1) is 11.3 Å². The summed E-state index contributed by atoms with van der Waals surface area (Å²) < 4.78 is 5.95. The number of aryl methyl sites for hydroxylation is 2. The highest BCUT2D eigenvalue weighted by molar-refractivity contribution is 7.15. The van der Waals surface area contributed by atoms with Gasteiger partial charge in [-0.05, 0) is 39.8 Å². The predicted molar refractivity (Wildman–Crippen MR) is 112 cm³/mol. The molecule has 3 rings (SSSR count). The Morgan fingerprint density at radius 1 is 1.32 bits per heavy atom. The van der Waals surface area contributed by atoms with E-state index >= 15 is 0 Å². The molecule has 1 N–H and O–H groups in total. The van der Waals surface area contributed by atoms with Crippen LogP contribution in [-0.2, 0) is 9.53 Å². The van der Waals surface area contributed by atoms with Crippen LogP contribution in [-0.4, -0.2) is 65.0 Å². The van der Waals surface area contributed by atoms with E-state index in [1.807, 2.05) is 43.9 Å². The molecule has 0 spiro atoms. The maximum atomic E-state index is 12.4. The predicted octanol–water partition coefficient (Wildman–Crippen LogP) is 3.14. The average molecular weight is 404 g/mol. The summed E-state index contributed by atoms with van der Waals surface area (Å²) in [5.74, 6) is 0.926. The van der Waals surface area contributed by atoms with Gasteiger partial charge in [-0.1, -0.05) is 6.07 Å². The molecule has 1 amide bonds. The molecular formula is C20H29N5O2S. The molecule has 0 bridgehead atoms. The first-order valence-electron chi connectivity index (χ1n) is 9.79. The number of ether oxygens (including phenoxy) is 1. The van der Waals surface area contributed by atoms with Crippen molar-refractivity contribution >= 4 is 28.2 Å². The summed E-state index contributed by atoms with van der Waals surface area (Å²) in [6.45, 7) is 12.0. The smallest absolute Gasteiger partial charge is 0.236 e. The van der Waals surface area contributed by atoms with Crippen molar-refractivity contribution in [1.29, 1.82) is 0 Å². The van der Waals surface area contributed by atoms with Crippen LogP contribution >= 0.6 is 11.3 Å². The average Bonchev–Trinajstić information content (AvgIpc) is 3.00. The molecule has 0 saturated carbocycles. The van der Waals surface area contributed by atoms with Crippen molar-refractivity contribution in [3.63, 3.8) is 0 Å². The number of nitrogens with zero attached hydrogens (tertiary/aromatic N) is 4. The summed E-state index contributed by atoms with van der Waals surface area (Å²) >= 11 is 1.62. The summed E-state index contributed by atoms with van der Waals surface area (Å²) in [7, 11) is 0. The summed E-state index contributed by atoms with van der Waals surface area (Å²) in [6, 6.07) is 5.88. The lowest BCUT2D eigenvalue weighted by Crippen LogP contribution is -2.45. The number of morpholine rings is 1. The number of thiazole rings is 1. The normalized spacial score (nSPS) is 17.5. The molecule has 0 aliphatic carbocycles. The van der Waals surface area contributed by atoms with Crippen molar-refractivity contribution in [3.05, 3.63) is 34.5 Å². The van der Waals surface area contributed by atoms with Crippen LogP contribution in [0.4, 0.5) is 10.9 Å². The number of amides is 1. The van der Waals surface area contributed by atoms with Crippen LogP contribution in [0.2, 0.25) is 0 Å². The van der Waals surface area contributed by atoms with Gasteiger partial charge in [0, 0.05) is 31.1 Å². The van der Waals surface area contributed by atoms with Crippen molar-refractivity contribution in [1.82, 2.24) is 19.8 Å². The van der Waals surface area contributed by atoms with Gasteiger partial charge in [0.25, 0.3) is 0 Å². The molecule has 7 nitrogen and oxygen atoms in total. The van der Waals surface area contributed by atoms with E-state index < -0.39 is 0 Å². The first-order chi connectivity index (χ1) is 13.5. The van der Waals surface area contributed by atoms with E-state index in [0.29, 0.717) is 19.7 Å². The zero-order chi connectivity index (χ0) is 20.1. The second-order valence-corrected chi connectivity index (χ2v) is 8.10. The van der Waals surface area contributed by atoms with Crippen molar-refractivity contribution in [3.8, 4) is 0 Å². The second kappa shape index (κ2) is 9.45. The quantitative estimate of drug-likeness (QED) is 0.766. The van der Waals surface area contributed by atoms with Crippen LogP contribution in [0.25, 0.3) is 0 Å². The van der Waals surface area contributed by atoms with E-state index in [-0.39, 0.29) is 12.0 Å². The Balaban J connectivity index is 1.65. The number of hydrogen-bond donors (Lipinski definition) is 1. The molecule has 1 atom stereocenters. The molecule has 0 unspecified atom stereocenters. The maximum Gasteiger partial charge on any atom is 0.236 e. The van der Waals surface area contributed by atoms with Crippen LogP contribution in [0.3, 0.4) is 0 Å². The minimum Gasteiger partial charge on any atom is -0.369 e. The number of hydrogen-bond acceptors (Lipinski definition) is 7. The lowest BCUT2D eigenvalue weighted by Gasteiger charge is -2.33. The molecule has 0 radical (unpaired) electrons. The lowest BCUT2D eigenvalue weighted by atomic mass is 10.2. The molecule has 152 valence electrons.